The average molecular weight is 513 g/mol. The molecule has 3 rings (SSSR count). The third-order valence-corrected chi connectivity index (χ3v) is 6.29. The number of rotatable bonds is 8. The number of carbonyl (C=O) groups is 1. The van der Waals surface area contributed by atoms with Crippen molar-refractivity contribution in [1.29, 1.82) is 0 Å². The Morgan fingerprint density at radius 2 is 1.91 bits per heavy atom. The van der Waals surface area contributed by atoms with Crippen LogP contribution in [0.1, 0.15) is 36.1 Å². The van der Waals surface area contributed by atoms with Crippen molar-refractivity contribution in [2.24, 2.45) is 0 Å². The van der Waals surface area contributed by atoms with Crippen LogP contribution in [0.3, 0.4) is 0 Å². The molecule has 0 aromatic carbocycles. The van der Waals surface area contributed by atoms with E-state index in [0.717, 1.165) is 11.1 Å². The predicted molar refractivity (Wildman–Crippen MR) is 129 cm³/mol. The molecule has 3 aromatic heterocycles. The van der Waals surface area contributed by atoms with Crippen LogP contribution in [0.5, 0.6) is 0 Å². The van der Waals surface area contributed by atoms with Gasteiger partial charge in [0.1, 0.15) is 21.7 Å². The number of nitrogens with zero attached hydrogens (tertiary/aromatic N) is 4. The highest BCUT2D eigenvalue weighted by molar-refractivity contribution is 7.18. The molecule has 0 aliphatic carbocycles. The molecule has 3 aromatic rings. The molecule has 2 atom stereocenters. The summed E-state index contributed by atoms with van der Waals surface area (Å²) in [4.78, 5) is 27.6. The number of anilines is 3. The lowest BCUT2D eigenvalue weighted by atomic mass is 10.1. The van der Waals surface area contributed by atoms with Crippen LogP contribution >= 0.6 is 11.3 Å². The van der Waals surface area contributed by atoms with Gasteiger partial charge >= 0.3 is 12.2 Å². The largest absolute Gasteiger partial charge is 0.420 e. The SMILES string of the molecule is COC[C@@H](C)N(C)c1ncc(NC(=O)Nc2cnc3sc(C)nc3c2C(C)OC)cc1C(F)(F)F. The topological polar surface area (TPSA) is 102 Å². The van der Waals surface area contributed by atoms with E-state index in [1.807, 2.05) is 6.92 Å². The molecule has 0 saturated carbocycles. The van der Waals surface area contributed by atoms with Crippen LogP contribution in [0.4, 0.5) is 35.2 Å². The van der Waals surface area contributed by atoms with Crippen LogP contribution in [-0.4, -0.2) is 54.9 Å². The second kappa shape index (κ2) is 10.7. The summed E-state index contributed by atoms with van der Waals surface area (Å²) >= 11 is 1.40. The number of likely N-dealkylation sites (N-methyl/N-ethyl adjacent to an activating group) is 1. The lowest BCUT2D eigenvalue weighted by Gasteiger charge is -2.28. The first kappa shape index (κ1) is 26.6. The zero-order valence-corrected chi connectivity index (χ0v) is 21.0. The van der Waals surface area contributed by atoms with Crippen LogP contribution in [0.25, 0.3) is 10.3 Å². The number of aryl methyl sites for hydroxylation is 1. The summed E-state index contributed by atoms with van der Waals surface area (Å²) in [6.45, 7) is 5.58. The summed E-state index contributed by atoms with van der Waals surface area (Å²) < 4.78 is 51.9. The van der Waals surface area contributed by atoms with Gasteiger partial charge in [-0.3, -0.25) is 0 Å². The van der Waals surface area contributed by atoms with E-state index in [0.29, 0.717) is 21.6 Å². The number of fused-ring (bicyclic) bond motifs is 1. The maximum Gasteiger partial charge on any atom is 0.420 e. The van der Waals surface area contributed by atoms with Crippen molar-refractivity contribution in [2.75, 3.05) is 43.4 Å². The van der Waals surface area contributed by atoms with Gasteiger partial charge in [0.15, 0.2) is 0 Å². The third-order valence-electron chi connectivity index (χ3n) is 5.41. The lowest BCUT2D eigenvalue weighted by Crippen LogP contribution is -2.35. The van der Waals surface area contributed by atoms with E-state index in [1.54, 1.807) is 13.8 Å². The number of hydrogen-bond donors (Lipinski definition) is 2. The highest BCUT2D eigenvalue weighted by atomic mass is 32.1. The summed E-state index contributed by atoms with van der Waals surface area (Å²) in [7, 11) is 4.50. The molecule has 1 unspecified atom stereocenters. The van der Waals surface area contributed by atoms with Gasteiger partial charge < -0.3 is 25.0 Å². The van der Waals surface area contributed by atoms with Crippen molar-refractivity contribution in [2.45, 2.75) is 39.1 Å². The minimum atomic E-state index is -4.68. The minimum Gasteiger partial charge on any atom is -0.383 e. The van der Waals surface area contributed by atoms with Crippen molar-refractivity contribution in [3.63, 3.8) is 0 Å². The monoisotopic (exact) mass is 512 g/mol. The van der Waals surface area contributed by atoms with Crippen LogP contribution < -0.4 is 15.5 Å². The van der Waals surface area contributed by atoms with Gasteiger partial charge in [-0.25, -0.2) is 19.7 Å². The average Bonchev–Trinajstić information content (AvgIpc) is 3.17. The fraction of sp³-hybridized carbons (Fsp3) is 0.455. The Balaban J connectivity index is 1.89. The fourth-order valence-electron chi connectivity index (χ4n) is 3.49. The molecular formula is C22H27F3N6O3S. The van der Waals surface area contributed by atoms with E-state index in [-0.39, 0.29) is 24.2 Å². The summed E-state index contributed by atoms with van der Waals surface area (Å²) in [5.74, 6) is -0.266. The first-order valence-corrected chi connectivity index (χ1v) is 11.4. The van der Waals surface area contributed by atoms with Crippen molar-refractivity contribution >= 4 is 44.9 Å². The van der Waals surface area contributed by atoms with Crippen molar-refractivity contribution in [1.82, 2.24) is 15.0 Å². The molecule has 0 spiro atoms. The molecule has 190 valence electrons. The van der Waals surface area contributed by atoms with Gasteiger partial charge in [-0.05, 0) is 26.8 Å². The molecule has 35 heavy (non-hydrogen) atoms. The van der Waals surface area contributed by atoms with Gasteiger partial charge in [-0.1, -0.05) is 11.3 Å². The Bertz CT molecular complexity index is 1200. The number of urea groups is 1. The highest BCUT2D eigenvalue weighted by Gasteiger charge is 2.36. The number of thiazole rings is 1. The van der Waals surface area contributed by atoms with Gasteiger partial charge in [0.2, 0.25) is 0 Å². The van der Waals surface area contributed by atoms with E-state index < -0.39 is 23.9 Å². The summed E-state index contributed by atoms with van der Waals surface area (Å²) in [5, 5.41) is 5.86. The van der Waals surface area contributed by atoms with Gasteiger partial charge in [-0.15, -0.1) is 0 Å². The Morgan fingerprint density at radius 3 is 2.54 bits per heavy atom. The van der Waals surface area contributed by atoms with Crippen LogP contribution in [0.2, 0.25) is 0 Å². The molecule has 9 nitrogen and oxygen atoms in total. The number of amides is 2. The molecule has 0 aliphatic heterocycles. The summed E-state index contributed by atoms with van der Waals surface area (Å²) in [6, 6.07) is -0.262. The number of aromatic nitrogens is 3. The molecule has 13 heteroatoms. The molecular weight excluding hydrogens is 485 g/mol. The second-order valence-electron chi connectivity index (χ2n) is 7.94. The Labute approximate surface area is 204 Å². The minimum absolute atomic E-state index is 0.119. The maximum atomic E-state index is 13.8. The number of halogens is 3. The number of carbonyl (C=O) groups excluding carboxylic acids is 1. The number of hydrogen-bond acceptors (Lipinski definition) is 8. The van der Waals surface area contributed by atoms with Crippen molar-refractivity contribution in [3.05, 3.63) is 34.6 Å². The number of pyridine rings is 2. The summed E-state index contributed by atoms with van der Waals surface area (Å²) in [6.07, 6.45) is -2.46. The Morgan fingerprint density at radius 1 is 1.20 bits per heavy atom. The van der Waals surface area contributed by atoms with Crippen molar-refractivity contribution in [3.8, 4) is 0 Å². The van der Waals surface area contributed by atoms with Crippen molar-refractivity contribution < 1.29 is 27.4 Å². The second-order valence-corrected chi connectivity index (χ2v) is 9.12. The number of alkyl halides is 3. The van der Waals surface area contributed by atoms with E-state index in [2.05, 4.69) is 25.6 Å². The Kier molecular flexibility index (Phi) is 8.13. The highest BCUT2D eigenvalue weighted by Crippen LogP contribution is 2.37. The molecule has 3 heterocycles. The molecule has 0 fully saturated rings. The molecule has 0 saturated heterocycles. The van der Waals surface area contributed by atoms with E-state index in [4.69, 9.17) is 9.47 Å². The molecule has 0 radical (unpaired) electrons. The number of methoxy groups -OCH3 is 2. The van der Waals surface area contributed by atoms with Crippen LogP contribution in [-0.2, 0) is 15.7 Å². The number of nitrogens with one attached hydrogen (secondary N) is 2. The normalized spacial score (nSPS) is 13.5. The first-order valence-electron chi connectivity index (χ1n) is 10.6. The smallest absolute Gasteiger partial charge is 0.383 e. The zero-order chi connectivity index (χ0) is 25.9. The Hall–Kier alpha value is -3.03. The predicted octanol–water partition coefficient (Wildman–Crippen LogP) is 5.24. The van der Waals surface area contributed by atoms with Gasteiger partial charge in [0.05, 0.1) is 47.5 Å². The zero-order valence-electron chi connectivity index (χ0n) is 20.1. The van der Waals surface area contributed by atoms with Crippen LogP contribution in [0.15, 0.2) is 18.5 Å². The third kappa shape index (κ3) is 5.97. The quantitative estimate of drug-likeness (QED) is 0.426. The standard InChI is InChI=1S/C22H27F3N6O3S/c1-11(10-33-5)31(4)19-15(22(23,24)25)7-14(8-26-19)29-21(32)30-16-9-27-20-18(28-13(3)35-20)17(16)12(2)34-6/h7-9,11-12H,10H2,1-6H3,(H2,29,30,32)/t11-,12?/m1/s1. The van der Waals surface area contributed by atoms with E-state index in [9.17, 15) is 18.0 Å². The van der Waals surface area contributed by atoms with Gasteiger partial charge in [-0.2, -0.15) is 13.2 Å². The number of ether oxygens (including phenoxy) is 2. The lowest BCUT2D eigenvalue weighted by molar-refractivity contribution is -0.137. The first-order chi connectivity index (χ1) is 16.5. The maximum absolute atomic E-state index is 13.8. The van der Waals surface area contributed by atoms with Gasteiger partial charge in [0, 0.05) is 26.8 Å². The van der Waals surface area contributed by atoms with E-state index in [1.165, 1.54) is 49.9 Å². The molecule has 2 amide bonds. The molecule has 0 aliphatic rings. The van der Waals surface area contributed by atoms with E-state index >= 15 is 0 Å². The summed E-state index contributed by atoms with van der Waals surface area (Å²) in [5.41, 5.74) is 0.457. The molecule has 0 bridgehead atoms. The fourth-order valence-corrected chi connectivity index (χ4v) is 4.26. The molecule has 2 N–H and O–H groups in total. The van der Waals surface area contributed by atoms with Gasteiger partial charge in [0.25, 0.3) is 0 Å². The van der Waals surface area contributed by atoms with Crippen LogP contribution in [0, 0.1) is 6.92 Å².